The summed E-state index contributed by atoms with van der Waals surface area (Å²) in [6.45, 7) is 3.90. The van der Waals surface area contributed by atoms with Crippen LogP contribution in [-0.2, 0) is 0 Å². The van der Waals surface area contributed by atoms with Crippen molar-refractivity contribution in [3.63, 3.8) is 0 Å². The molecule has 0 aliphatic rings. The lowest BCUT2D eigenvalue weighted by Gasteiger charge is -2.21. The lowest BCUT2D eigenvalue weighted by molar-refractivity contribution is 0.0412. The highest BCUT2D eigenvalue weighted by Crippen LogP contribution is 2.18. The number of nitriles is 1. The predicted octanol–water partition coefficient (Wildman–Crippen LogP) is 2.23. The van der Waals surface area contributed by atoms with Gasteiger partial charge in [-0.1, -0.05) is 19.8 Å². The number of rotatable bonds is 5. The van der Waals surface area contributed by atoms with E-state index < -0.39 is 5.60 Å². The second kappa shape index (κ2) is 5.15. The van der Waals surface area contributed by atoms with Crippen molar-refractivity contribution in [1.82, 2.24) is 0 Å². The van der Waals surface area contributed by atoms with E-state index in [0.717, 1.165) is 19.3 Å². The third-order valence-electron chi connectivity index (χ3n) is 1.84. The molecule has 1 N–H and O–H groups in total. The summed E-state index contributed by atoms with van der Waals surface area (Å²) in [7, 11) is 0. The van der Waals surface area contributed by atoms with Crippen molar-refractivity contribution in [3.8, 4) is 6.07 Å². The van der Waals surface area contributed by atoms with E-state index in [1.54, 1.807) is 6.92 Å². The van der Waals surface area contributed by atoms with Crippen molar-refractivity contribution in [2.24, 2.45) is 0 Å². The van der Waals surface area contributed by atoms with E-state index in [4.69, 9.17) is 5.26 Å². The minimum Gasteiger partial charge on any atom is -0.390 e. The van der Waals surface area contributed by atoms with E-state index in [0.29, 0.717) is 12.8 Å². The molecule has 0 aliphatic heterocycles. The average Bonchev–Trinajstić information content (AvgIpc) is 1.97. The first-order chi connectivity index (χ1) is 5.12. The topological polar surface area (TPSA) is 44.0 Å². The van der Waals surface area contributed by atoms with Gasteiger partial charge in [0, 0.05) is 6.42 Å². The van der Waals surface area contributed by atoms with Gasteiger partial charge in [-0.25, -0.2) is 0 Å². The Morgan fingerprint density at radius 1 is 1.45 bits per heavy atom. The zero-order chi connectivity index (χ0) is 8.74. The smallest absolute Gasteiger partial charge is 0.0629 e. The largest absolute Gasteiger partial charge is 0.390 e. The Morgan fingerprint density at radius 2 is 2.09 bits per heavy atom. The molecule has 1 atom stereocenters. The Balaban J connectivity index is 3.54. The minimum absolute atomic E-state index is 0.455. The van der Waals surface area contributed by atoms with Crippen LogP contribution < -0.4 is 0 Å². The highest BCUT2D eigenvalue weighted by molar-refractivity contribution is 4.79. The van der Waals surface area contributed by atoms with Crippen LogP contribution in [0.2, 0.25) is 0 Å². The molecular formula is C9H17NO. The first kappa shape index (κ1) is 10.4. The monoisotopic (exact) mass is 155 g/mol. The molecule has 0 aliphatic carbocycles. The van der Waals surface area contributed by atoms with Crippen LogP contribution in [0.25, 0.3) is 0 Å². The molecule has 0 rings (SSSR count). The van der Waals surface area contributed by atoms with E-state index in [1.165, 1.54) is 0 Å². The first-order valence-corrected chi connectivity index (χ1v) is 4.21. The molecule has 0 fully saturated rings. The molecule has 2 heteroatoms. The van der Waals surface area contributed by atoms with Crippen molar-refractivity contribution in [2.75, 3.05) is 0 Å². The molecule has 0 bridgehead atoms. The Bertz CT molecular complexity index is 135. The predicted molar refractivity (Wildman–Crippen MR) is 45.0 cm³/mol. The van der Waals surface area contributed by atoms with Crippen LogP contribution in [0.3, 0.4) is 0 Å². The summed E-state index contributed by atoms with van der Waals surface area (Å²) in [5, 5.41) is 17.9. The fourth-order valence-electron chi connectivity index (χ4n) is 1.01. The fourth-order valence-corrected chi connectivity index (χ4v) is 1.01. The summed E-state index contributed by atoms with van der Waals surface area (Å²) in [4.78, 5) is 0. The van der Waals surface area contributed by atoms with Gasteiger partial charge in [-0.15, -0.1) is 0 Å². The SMILES string of the molecule is CCCCC(C)(O)CCC#N. The average molecular weight is 155 g/mol. The second-order valence-corrected chi connectivity index (χ2v) is 3.26. The molecule has 0 saturated heterocycles. The van der Waals surface area contributed by atoms with Crippen LogP contribution in [0.4, 0.5) is 0 Å². The lowest BCUT2D eigenvalue weighted by Crippen LogP contribution is -2.23. The van der Waals surface area contributed by atoms with Crippen LogP contribution in [0.5, 0.6) is 0 Å². The molecule has 0 aromatic rings. The normalized spacial score (nSPS) is 15.5. The molecule has 64 valence electrons. The molecule has 11 heavy (non-hydrogen) atoms. The van der Waals surface area contributed by atoms with Crippen LogP contribution in [-0.4, -0.2) is 10.7 Å². The Hall–Kier alpha value is -0.550. The van der Waals surface area contributed by atoms with Crippen molar-refractivity contribution >= 4 is 0 Å². The first-order valence-electron chi connectivity index (χ1n) is 4.21. The fraction of sp³-hybridized carbons (Fsp3) is 0.889. The number of aliphatic hydroxyl groups is 1. The standard InChI is InChI=1S/C9H17NO/c1-3-4-6-9(2,11)7-5-8-10/h11H,3-7H2,1-2H3. The molecular weight excluding hydrogens is 138 g/mol. The van der Waals surface area contributed by atoms with Crippen molar-refractivity contribution < 1.29 is 5.11 Å². The molecule has 0 aromatic carbocycles. The van der Waals surface area contributed by atoms with Gasteiger partial charge in [-0.05, 0) is 19.8 Å². The molecule has 0 radical (unpaired) electrons. The summed E-state index contributed by atoms with van der Waals surface area (Å²) in [6, 6.07) is 2.04. The Morgan fingerprint density at radius 3 is 2.55 bits per heavy atom. The molecule has 0 spiro atoms. The zero-order valence-corrected chi connectivity index (χ0v) is 7.43. The number of hydrogen-bond donors (Lipinski definition) is 1. The van der Waals surface area contributed by atoms with Crippen molar-refractivity contribution in [1.29, 1.82) is 5.26 Å². The van der Waals surface area contributed by atoms with Crippen LogP contribution in [0.1, 0.15) is 46.0 Å². The molecule has 0 aromatic heterocycles. The summed E-state index contributed by atoms with van der Waals surface area (Å²) in [5.74, 6) is 0. The van der Waals surface area contributed by atoms with Gasteiger partial charge < -0.3 is 5.11 Å². The van der Waals surface area contributed by atoms with E-state index in [9.17, 15) is 5.11 Å². The number of nitrogens with zero attached hydrogens (tertiary/aromatic N) is 1. The zero-order valence-electron chi connectivity index (χ0n) is 7.43. The van der Waals surface area contributed by atoms with Crippen LogP contribution in [0, 0.1) is 11.3 Å². The minimum atomic E-state index is -0.619. The van der Waals surface area contributed by atoms with Gasteiger partial charge in [0.1, 0.15) is 0 Å². The summed E-state index contributed by atoms with van der Waals surface area (Å²) in [6.07, 6.45) is 4.01. The second-order valence-electron chi connectivity index (χ2n) is 3.26. The van der Waals surface area contributed by atoms with Gasteiger partial charge in [-0.3, -0.25) is 0 Å². The van der Waals surface area contributed by atoms with Crippen LogP contribution in [0.15, 0.2) is 0 Å². The van der Waals surface area contributed by atoms with Crippen molar-refractivity contribution in [2.45, 2.75) is 51.6 Å². The van der Waals surface area contributed by atoms with Gasteiger partial charge in [0.15, 0.2) is 0 Å². The molecule has 2 nitrogen and oxygen atoms in total. The van der Waals surface area contributed by atoms with E-state index in [1.807, 2.05) is 6.07 Å². The molecule has 0 saturated carbocycles. The highest BCUT2D eigenvalue weighted by atomic mass is 16.3. The maximum Gasteiger partial charge on any atom is 0.0629 e. The van der Waals surface area contributed by atoms with Gasteiger partial charge in [0.2, 0.25) is 0 Å². The maximum absolute atomic E-state index is 9.63. The van der Waals surface area contributed by atoms with Gasteiger partial charge in [0.25, 0.3) is 0 Å². The Labute approximate surface area is 68.8 Å². The van der Waals surface area contributed by atoms with E-state index >= 15 is 0 Å². The van der Waals surface area contributed by atoms with E-state index in [2.05, 4.69) is 6.92 Å². The molecule has 0 amide bonds. The Kier molecular flexibility index (Phi) is 4.89. The number of hydrogen-bond acceptors (Lipinski definition) is 2. The third kappa shape index (κ3) is 5.87. The molecule has 1 unspecified atom stereocenters. The van der Waals surface area contributed by atoms with Gasteiger partial charge in [-0.2, -0.15) is 5.26 Å². The lowest BCUT2D eigenvalue weighted by atomic mass is 9.94. The summed E-state index contributed by atoms with van der Waals surface area (Å²) >= 11 is 0. The van der Waals surface area contributed by atoms with Gasteiger partial charge >= 0.3 is 0 Å². The molecule has 0 heterocycles. The van der Waals surface area contributed by atoms with E-state index in [-0.39, 0.29) is 0 Å². The van der Waals surface area contributed by atoms with Crippen molar-refractivity contribution in [3.05, 3.63) is 0 Å². The van der Waals surface area contributed by atoms with Crippen LogP contribution >= 0.6 is 0 Å². The highest BCUT2D eigenvalue weighted by Gasteiger charge is 2.18. The number of unbranched alkanes of at least 4 members (excludes halogenated alkanes) is 1. The maximum atomic E-state index is 9.63. The quantitative estimate of drug-likeness (QED) is 0.661. The summed E-state index contributed by atoms with van der Waals surface area (Å²) < 4.78 is 0. The summed E-state index contributed by atoms with van der Waals surface area (Å²) in [5.41, 5.74) is -0.619. The van der Waals surface area contributed by atoms with Gasteiger partial charge in [0.05, 0.1) is 11.7 Å². The third-order valence-corrected chi connectivity index (χ3v) is 1.84.